The number of benzene rings is 2. The number of rotatable bonds is 8. The van der Waals surface area contributed by atoms with E-state index in [1.165, 1.54) is 4.68 Å². The van der Waals surface area contributed by atoms with E-state index in [2.05, 4.69) is 15.1 Å². The van der Waals surface area contributed by atoms with E-state index in [9.17, 15) is 18.0 Å². The van der Waals surface area contributed by atoms with Crippen molar-refractivity contribution in [1.29, 1.82) is 0 Å². The zero-order chi connectivity index (χ0) is 22.6. The number of sulfonamides is 1. The molecule has 2 aromatic carbocycles. The van der Waals surface area contributed by atoms with Gasteiger partial charge in [-0.3, -0.25) is 9.59 Å². The first-order valence-electron chi connectivity index (χ1n) is 9.94. The zero-order valence-corrected chi connectivity index (χ0v) is 18.6. The average Bonchev–Trinajstić information content (AvgIpc) is 2.70. The summed E-state index contributed by atoms with van der Waals surface area (Å²) in [4.78, 5) is 24.7. The summed E-state index contributed by atoms with van der Waals surface area (Å²) in [6.07, 6.45) is 0.0475. The monoisotopic (exact) mass is 442 g/mol. The molecule has 0 spiro atoms. The van der Waals surface area contributed by atoms with Crippen molar-refractivity contribution in [3.63, 3.8) is 0 Å². The second-order valence-electron chi connectivity index (χ2n) is 7.72. The fourth-order valence-electron chi connectivity index (χ4n) is 3.30. The third-order valence-corrected chi connectivity index (χ3v) is 6.19. The molecule has 164 valence electrons. The molecule has 9 heteroatoms. The fourth-order valence-corrected chi connectivity index (χ4v) is 4.73. The Kier molecular flexibility index (Phi) is 6.87. The van der Waals surface area contributed by atoms with E-state index >= 15 is 0 Å². The number of hydrogen-bond donors (Lipinski definition) is 2. The van der Waals surface area contributed by atoms with E-state index in [4.69, 9.17) is 0 Å². The minimum absolute atomic E-state index is 0.0475. The van der Waals surface area contributed by atoms with E-state index in [0.29, 0.717) is 28.6 Å². The SMILES string of the molecule is CC(C)NS(=O)(=O)Cc1ccc(CNC(=O)Cc2nn(C)c(=O)c3ccccc23)cc1. The third kappa shape index (κ3) is 5.99. The summed E-state index contributed by atoms with van der Waals surface area (Å²) < 4.78 is 27.8. The Morgan fingerprint density at radius 1 is 1.03 bits per heavy atom. The quantitative estimate of drug-likeness (QED) is 0.551. The van der Waals surface area contributed by atoms with E-state index < -0.39 is 10.0 Å². The summed E-state index contributed by atoms with van der Waals surface area (Å²) in [5.41, 5.74) is 1.85. The molecule has 3 aromatic rings. The molecule has 0 aliphatic carbocycles. The van der Waals surface area contributed by atoms with Gasteiger partial charge in [0, 0.05) is 25.0 Å². The van der Waals surface area contributed by atoms with E-state index in [0.717, 1.165) is 5.56 Å². The molecule has 0 saturated carbocycles. The standard InChI is InChI=1S/C22H26N4O4S/c1-15(2)25-31(29,30)14-17-10-8-16(9-11-17)13-23-21(27)12-20-18-6-4-5-7-19(18)22(28)26(3)24-20/h4-11,15,25H,12-14H2,1-3H3,(H,23,27). The van der Waals surface area contributed by atoms with Crippen LogP contribution in [-0.2, 0) is 40.6 Å². The maximum Gasteiger partial charge on any atom is 0.274 e. The predicted molar refractivity (Wildman–Crippen MR) is 120 cm³/mol. The van der Waals surface area contributed by atoms with Crippen molar-refractivity contribution in [1.82, 2.24) is 19.8 Å². The largest absolute Gasteiger partial charge is 0.352 e. The molecule has 1 aromatic heterocycles. The van der Waals surface area contributed by atoms with Crippen LogP contribution < -0.4 is 15.6 Å². The van der Waals surface area contributed by atoms with Gasteiger partial charge in [0.25, 0.3) is 5.56 Å². The Morgan fingerprint density at radius 3 is 2.29 bits per heavy atom. The average molecular weight is 443 g/mol. The van der Waals surface area contributed by atoms with Crippen molar-refractivity contribution < 1.29 is 13.2 Å². The summed E-state index contributed by atoms with van der Waals surface area (Å²) in [5.74, 6) is -0.312. The molecule has 1 heterocycles. The highest BCUT2D eigenvalue weighted by molar-refractivity contribution is 7.88. The van der Waals surface area contributed by atoms with Gasteiger partial charge in [-0.15, -0.1) is 0 Å². The van der Waals surface area contributed by atoms with Crippen molar-refractivity contribution in [2.24, 2.45) is 7.05 Å². The topological polar surface area (TPSA) is 110 Å². The van der Waals surface area contributed by atoms with Crippen LogP contribution in [0.25, 0.3) is 10.8 Å². The Balaban J connectivity index is 1.62. The molecule has 2 N–H and O–H groups in total. The molecule has 0 aliphatic rings. The summed E-state index contributed by atoms with van der Waals surface area (Å²) in [6, 6.07) is 14.0. The van der Waals surface area contributed by atoms with Gasteiger partial charge in [-0.2, -0.15) is 5.10 Å². The van der Waals surface area contributed by atoms with Gasteiger partial charge in [0.05, 0.1) is 23.3 Å². The van der Waals surface area contributed by atoms with Crippen LogP contribution in [-0.4, -0.2) is 30.1 Å². The molecule has 0 unspecified atom stereocenters. The number of aromatic nitrogens is 2. The Morgan fingerprint density at radius 2 is 1.65 bits per heavy atom. The molecule has 0 atom stereocenters. The molecule has 0 fully saturated rings. The van der Waals surface area contributed by atoms with E-state index in [1.54, 1.807) is 63.4 Å². The minimum atomic E-state index is -3.38. The van der Waals surface area contributed by atoms with Gasteiger partial charge >= 0.3 is 0 Å². The second-order valence-corrected chi connectivity index (χ2v) is 9.48. The maximum absolute atomic E-state index is 12.5. The Hall–Kier alpha value is -3.04. The predicted octanol–water partition coefficient (Wildman–Crippen LogP) is 1.62. The van der Waals surface area contributed by atoms with Crippen LogP contribution in [0.5, 0.6) is 0 Å². The summed E-state index contributed by atoms with van der Waals surface area (Å²) in [7, 11) is -1.82. The van der Waals surface area contributed by atoms with Gasteiger partial charge in [-0.25, -0.2) is 17.8 Å². The van der Waals surface area contributed by atoms with Crippen molar-refractivity contribution in [2.45, 2.75) is 38.6 Å². The first-order chi connectivity index (χ1) is 14.6. The molecular weight excluding hydrogens is 416 g/mol. The van der Waals surface area contributed by atoms with Gasteiger partial charge in [0.2, 0.25) is 15.9 Å². The highest BCUT2D eigenvalue weighted by Crippen LogP contribution is 2.14. The zero-order valence-electron chi connectivity index (χ0n) is 17.8. The van der Waals surface area contributed by atoms with Crippen LogP contribution in [0.3, 0.4) is 0 Å². The molecule has 1 amide bonds. The van der Waals surface area contributed by atoms with Gasteiger partial charge in [-0.1, -0.05) is 42.5 Å². The van der Waals surface area contributed by atoms with Gasteiger partial charge in [0.1, 0.15) is 0 Å². The summed E-state index contributed by atoms with van der Waals surface area (Å²) in [5, 5.41) is 8.28. The molecular formula is C22H26N4O4S. The number of carbonyl (C=O) groups excluding carboxylic acids is 1. The van der Waals surface area contributed by atoms with Gasteiger partial charge < -0.3 is 5.32 Å². The Bertz CT molecular complexity index is 1250. The van der Waals surface area contributed by atoms with Crippen LogP contribution in [0.4, 0.5) is 0 Å². The third-order valence-electron chi connectivity index (χ3n) is 4.65. The molecule has 0 bridgehead atoms. The molecule has 8 nitrogen and oxygen atoms in total. The van der Waals surface area contributed by atoms with Crippen molar-refractivity contribution in [2.75, 3.05) is 0 Å². The lowest BCUT2D eigenvalue weighted by Crippen LogP contribution is -2.31. The Labute approximate surface area is 181 Å². The lowest BCUT2D eigenvalue weighted by atomic mass is 10.1. The van der Waals surface area contributed by atoms with Crippen molar-refractivity contribution in [3.05, 3.63) is 75.7 Å². The smallest absolute Gasteiger partial charge is 0.274 e. The summed E-state index contributed by atoms with van der Waals surface area (Å²) >= 11 is 0. The van der Waals surface area contributed by atoms with Gasteiger partial charge in [-0.05, 0) is 31.0 Å². The van der Waals surface area contributed by atoms with E-state index in [1.807, 2.05) is 6.07 Å². The number of fused-ring (bicyclic) bond motifs is 1. The summed E-state index contributed by atoms with van der Waals surface area (Å²) in [6.45, 7) is 3.85. The van der Waals surface area contributed by atoms with Crippen LogP contribution >= 0.6 is 0 Å². The number of nitrogens with zero attached hydrogens (tertiary/aromatic N) is 2. The molecule has 0 radical (unpaired) electrons. The van der Waals surface area contributed by atoms with Gasteiger partial charge in [0.15, 0.2) is 0 Å². The first kappa shape index (κ1) is 22.6. The number of nitrogens with one attached hydrogen (secondary N) is 2. The van der Waals surface area contributed by atoms with Crippen LogP contribution in [0.15, 0.2) is 53.3 Å². The number of hydrogen-bond acceptors (Lipinski definition) is 5. The lowest BCUT2D eigenvalue weighted by molar-refractivity contribution is -0.120. The maximum atomic E-state index is 12.5. The molecule has 31 heavy (non-hydrogen) atoms. The molecule has 0 saturated heterocycles. The lowest BCUT2D eigenvalue weighted by Gasteiger charge is -2.11. The fraction of sp³-hybridized carbons (Fsp3) is 0.318. The normalized spacial score (nSPS) is 11.7. The molecule has 0 aliphatic heterocycles. The van der Waals surface area contributed by atoms with Crippen LogP contribution in [0, 0.1) is 0 Å². The molecule has 3 rings (SSSR count). The second kappa shape index (κ2) is 9.40. The minimum Gasteiger partial charge on any atom is -0.352 e. The van der Waals surface area contributed by atoms with Crippen molar-refractivity contribution in [3.8, 4) is 0 Å². The number of aryl methyl sites for hydroxylation is 1. The van der Waals surface area contributed by atoms with Crippen LogP contribution in [0.1, 0.15) is 30.7 Å². The van der Waals surface area contributed by atoms with Crippen molar-refractivity contribution >= 4 is 26.7 Å². The highest BCUT2D eigenvalue weighted by Gasteiger charge is 2.14. The first-order valence-corrected chi connectivity index (χ1v) is 11.6. The van der Waals surface area contributed by atoms with E-state index in [-0.39, 0.29) is 29.7 Å². The number of carbonyl (C=O) groups is 1. The highest BCUT2D eigenvalue weighted by atomic mass is 32.2. The number of amides is 1. The van der Waals surface area contributed by atoms with Crippen LogP contribution in [0.2, 0.25) is 0 Å².